The molecule has 1 aliphatic heterocycles. The van der Waals surface area contributed by atoms with Gasteiger partial charge in [0.05, 0.1) is 23.4 Å². The molecule has 5 heteroatoms. The van der Waals surface area contributed by atoms with Crippen molar-refractivity contribution in [3.05, 3.63) is 47.0 Å². The highest BCUT2D eigenvalue weighted by Crippen LogP contribution is 2.33. The van der Waals surface area contributed by atoms with Gasteiger partial charge < -0.3 is 14.3 Å². The van der Waals surface area contributed by atoms with E-state index in [2.05, 4.69) is 4.98 Å². The van der Waals surface area contributed by atoms with Crippen LogP contribution < -0.4 is 0 Å². The zero-order valence-corrected chi connectivity index (χ0v) is 13.8. The standard InChI is InChI=1S/C18H22N2O3/c1-11(2)23-18(22)13-6-5-9-20-15(13)10-12(3)16(20)17(21)14-7-4-8-19-14/h4,7-8,10-11,13,19H,5-6,9H2,1-3H3. The van der Waals surface area contributed by atoms with Gasteiger partial charge in [-0.1, -0.05) is 0 Å². The summed E-state index contributed by atoms with van der Waals surface area (Å²) in [6.07, 6.45) is 3.24. The summed E-state index contributed by atoms with van der Waals surface area (Å²) in [5, 5.41) is 0. The van der Waals surface area contributed by atoms with Crippen LogP contribution in [0.2, 0.25) is 0 Å². The molecule has 0 spiro atoms. The van der Waals surface area contributed by atoms with Crippen LogP contribution in [0.1, 0.15) is 60.0 Å². The van der Waals surface area contributed by atoms with Gasteiger partial charge in [-0.25, -0.2) is 0 Å². The second-order valence-electron chi connectivity index (χ2n) is 6.35. The van der Waals surface area contributed by atoms with E-state index in [1.807, 2.05) is 37.5 Å². The summed E-state index contributed by atoms with van der Waals surface area (Å²) in [5.41, 5.74) is 3.04. The summed E-state index contributed by atoms with van der Waals surface area (Å²) in [7, 11) is 0. The number of aromatic amines is 1. The van der Waals surface area contributed by atoms with Crippen LogP contribution in [0.3, 0.4) is 0 Å². The highest BCUT2D eigenvalue weighted by molar-refractivity contribution is 6.08. The maximum atomic E-state index is 12.7. The van der Waals surface area contributed by atoms with E-state index < -0.39 is 0 Å². The monoisotopic (exact) mass is 314 g/mol. The van der Waals surface area contributed by atoms with E-state index in [1.165, 1.54) is 0 Å². The quantitative estimate of drug-likeness (QED) is 0.696. The van der Waals surface area contributed by atoms with Gasteiger partial charge in [0, 0.05) is 18.4 Å². The molecule has 0 amide bonds. The number of nitrogens with zero attached hydrogens (tertiary/aromatic N) is 1. The van der Waals surface area contributed by atoms with Crippen molar-refractivity contribution in [1.82, 2.24) is 9.55 Å². The Hall–Kier alpha value is -2.30. The lowest BCUT2D eigenvalue weighted by atomic mass is 9.96. The third kappa shape index (κ3) is 2.83. The van der Waals surface area contributed by atoms with Gasteiger partial charge in [0.15, 0.2) is 0 Å². The van der Waals surface area contributed by atoms with Gasteiger partial charge in [0.2, 0.25) is 5.78 Å². The predicted molar refractivity (Wildman–Crippen MR) is 86.6 cm³/mol. The zero-order chi connectivity index (χ0) is 16.6. The summed E-state index contributed by atoms with van der Waals surface area (Å²) < 4.78 is 7.38. The first kappa shape index (κ1) is 15.6. The maximum absolute atomic E-state index is 12.7. The number of hydrogen-bond acceptors (Lipinski definition) is 3. The Morgan fingerprint density at radius 1 is 1.39 bits per heavy atom. The molecule has 2 aromatic heterocycles. The number of aromatic nitrogens is 2. The molecule has 0 fully saturated rings. The highest BCUT2D eigenvalue weighted by atomic mass is 16.5. The van der Waals surface area contributed by atoms with Crippen LogP contribution >= 0.6 is 0 Å². The predicted octanol–water partition coefficient (Wildman–Crippen LogP) is 3.18. The fraction of sp³-hybridized carbons (Fsp3) is 0.444. The van der Waals surface area contributed by atoms with Crippen molar-refractivity contribution in [2.24, 2.45) is 0 Å². The Bertz CT molecular complexity index is 726. The molecule has 0 aliphatic carbocycles. The van der Waals surface area contributed by atoms with Gasteiger partial charge in [-0.15, -0.1) is 0 Å². The molecule has 1 N–H and O–H groups in total. The van der Waals surface area contributed by atoms with E-state index in [4.69, 9.17) is 4.74 Å². The first-order valence-electron chi connectivity index (χ1n) is 8.07. The number of nitrogens with one attached hydrogen (secondary N) is 1. The van der Waals surface area contributed by atoms with Gasteiger partial charge >= 0.3 is 5.97 Å². The molecular formula is C18H22N2O3. The summed E-state index contributed by atoms with van der Waals surface area (Å²) in [6, 6.07) is 5.54. The smallest absolute Gasteiger partial charge is 0.315 e. The maximum Gasteiger partial charge on any atom is 0.315 e. The SMILES string of the molecule is Cc1cc2n(c1C(=O)c1ccc[nH]1)CCCC2C(=O)OC(C)C. The number of ether oxygens (including phenoxy) is 1. The van der Waals surface area contributed by atoms with Gasteiger partial charge in [0.25, 0.3) is 0 Å². The molecule has 0 radical (unpaired) electrons. The molecule has 23 heavy (non-hydrogen) atoms. The van der Waals surface area contributed by atoms with E-state index in [0.717, 1.165) is 30.6 Å². The van der Waals surface area contributed by atoms with Crippen LogP contribution in [0.4, 0.5) is 0 Å². The Morgan fingerprint density at radius 3 is 2.83 bits per heavy atom. The van der Waals surface area contributed by atoms with Crippen LogP contribution in [0.25, 0.3) is 0 Å². The molecule has 1 unspecified atom stereocenters. The van der Waals surface area contributed by atoms with E-state index in [1.54, 1.807) is 12.3 Å². The van der Waals surface area contributed by atoms with E-state index in [-0.39, 0.29) is 23.8 Å². The molecule has 0 saturated heterocycles. The molecule has 2 aromatic rings. The molecule has 1 aliphatic rings. The third-order valence-corrected chi connectivity index (χ3v) is 4.25. The number of fused-ring (bicyclic) bond motifs is 1. The lowest BCUT2D eigenvalue weighted by Crippen LogP contribution is -2.27. The number of hydrogen-bond donors (Lipinski definition) is 1. The Labute approximate surface area is 135 Å². The number of rotatable bonds is 4. The van der Waals surface area contributed by atoms with Crippen molar-refractivity contribution in [3.63, 3.8) is 0 Å². The number of H-pyrrole nitrogens is 1. The molecule has 1 atom stereocenters. The first-order chi connectivity index (χ1) is 11.0. The second-order valence-corrected chi connectivity index (χ2v) is 6.35. The van der Waals surface area contributed by atoms with E-state index >= 15 is 0 Å². The molecule has 0 aromatic carbocycles. The van der Waals surface area contributed by atoms with Crippen molar-refractivity contribution in [2.75, 3.05) is 0 Å². The average Bonchev–Trinajstić information content (AvgIpc) is 3.12. The lowest BCUT2D eigenvalue weighted by Gasteiger charge is -2.25. The van der Waals surface area contributed by atoms with E-state index in [9.17, 15) is 9.59 Å². The molecular weight excluding hydrogens is 292 g/mol. The van der Waals surface area contributed by atoms with Crippen LogP contribution in [0.5, 0.6) is 0 Å². The lowest BCUT2D eigenvalue weighted by molar-refractivity contribution is -0.149. The number of carbonyl (C=O) groups excluding carboxylic acids is 2. The minimum atomic E-state index is -0.282. The van der Waals surface area contributed by atoms with Crippen molar-refractivity contribution in [1.29, 1.82) is 0 Å². The summed E-state index contributed by atoms with van der Waals surface area (Å²) in [6.45, 7) is 6.39. The molecule has 0 bridgehead atoms. The van der Waals surface area contributed by atoms with Gasteiger partial charge in [0.1, 0.15) is 0 Å². The molecule has 3 heterocycles. The van der Waals surface area contributed by atoms with Crippen LogP contribution in [0.15, 0.2) is 24.4 Å². The average molecular weight is 314 g/mol. The van der Waals surface area contributed by atoms with Crippen LogP contribution in [0, 0.1) is 6.92 Å². The Kier molecular flexibility index (Phi) is 4.11. The fourth-order valence-corrected chi connectivity index (χ4v) is 3.29. The number of esters is 1. The van der Waals surface area contributed by atoms with E-state index in [0.29, 0.717) is 11.4 Å². The van der Waals surface area contributed by atoms with Gasteiger partial charge in [-0.3, -0.25) is 9.59 Å². The topological polar surface area (TPSA) is 64.1 Å². The van der Waals surface area contributed by atoms with Crippen LogP contribution in [-0.4, -0.2) is 27.4 Å². The number of aryl methyl sites for hydroxylation is 1. The Morgan fingerprint density at radius 2 is 2.17 bits per heavy atom. The minimum absolute atomic E-state index is 0.0309. The molecule has 122 valence electrons. The Balaban J connectivity index is 1.98. The molecule has 5 nitrogen and oxygen atoms in total. The minimum Gasteiger partial charge on any atom is -0.462 e. The second kappa shape index (κ2) is 6.07. The zero-order valence-electron chi connectivity index (χ0n) is 13.8. The summed E-state index contributed by atoms with van der Waals surface area (Å²) in [4.78, 5) is 28.1. The van der Waals surface area contributed by atoms with Gasteiger partial charge in [-0.2, -0.15) is 0 Å². The number of ketones is 1. The van der Waals surface area contributed by atoms with Crippen molar-refractivity contribution >= 4 is 11.8 Å². The number of carbonyl (C=O) groups is 2. The van der Waals surface area contributed by atoms with Gasteiger partial charge in [-0.05, 0) is 57.4 Å². The van der Waals surface area contributed by atoms with Crippen molar-refractivity contribution < 1.29 is 14.3 Å². The first-order valence-corrected chi connectivity index (χ1v) is 8.07. The largest absolute Gasteiger partial charge is 0.462 e. The third-order valence-electron chi connectivity index (χ3n) is 4.25. The molecule has 3 rings (SSSR count). The fourth-order valence-electron chi connectivity index (χ4n) is 3.29. The van der Waals surface area contributed by atoms with Crippen molar-refractivity contribution in [2.45, 2.75) is 52.2 Å². The summed E-state index contributed by atoms with van der Waals surface area (Å²) >= 11 is 0. The summed E-state index contributed by atoms with van der Waals surface area (Å²) in [5.74, 6) is -0.510. The normalized spacial score (nSPS) is 17.1. The van der Waals surface area contributed by atoms with Crippen LogP contribution in [-0.2, 0) is 16.1 Å². The van der Waals surface area contributed by atoms with Crippen molar-refractivity contribution in [3.8, 4) is 0 Å². The molecule has 0 saturated carbocycles. The highest BCUT2D eigenvalue weighted by Gasteiger charge is 2.32.